The highest BCUT2D eigenvalue weighted by molar-refractivity contribution is 6.30. The van der Waals surface area contributed by atoms with E-state index in [0.717, 1.165) is 23.3 Å². The van der Waals surface area contributed by atoms with Gasteiger partial charge in [-0.1, -0.05) is 23.7 Å². The normalized spacial score (nSPS) is 16.2. The Hall–Kier alpha value is -2.21. The molecule has 7 heteroatoms. The lowest BCUT2D eigenvalue weighted by Crippen LogP contribution is -2.38. The summed E-state index contributed by atoms with van der Waals surface area (Å²) in [7, 11) is 0. The van der Waals surface area contributed by atoms with Crippen LogP contribution in [0.15, 0.2) is 42.5 Å². The van der Waals surface area contributed by atoms with Crippen molar-refractivity contribution in [3.8, 4) is 5.75 Å². The molecule has 25 heavy (non-hydrogen) atoms. The minimum Gasteiger partial charge on any atom is -0.480 e. The molecule has 3 nitrogen and oxygen atoms in total. The number of hydrogen-bond donors (Lipinski definition) is 1. The van der Waals surface area contributed by atoms with Gasteiger partial charge in [-0.05, 0) is 47.9 Å². The van der Waals surface area contributed by atoms with E-state index in [1.807, 2.05) is 0 Å². The number of halogens is 4. The Bertz CT molecular complexity index is 775. The van der Waals surface area contributed by atoms with Crippen LogP contribution < -0.4 is 10.1 Å². The van der Waals surface area contributed by atoms with Crippen molar-refractivity contribution in [3.63, 3.8) is 0 Å². The van der Waals surface area contributed by atoms with Crippen molar-refractivity contribution in [1.29, 1.82) is 0 Å². The molecule has 0 fully saturated rings. The number of ether oxygens (including phenoxy) is 1. The van der Waals surface area contributed by atoms with E-state index >= 15 is 0 Å². The molecular weight excluding hydrogens is 355 g/mol. The third-order valence-corrected chi connectivity index (χ3v) is 4.22. The Morgan fingerprint density at radius 2 is 1.92 bits per heavy atom. The highest BCUT2D eigenvalue weighted by Crippen LogP contribution is 2.31. The summed E-state index contributed by atoms with van der Waals surface area (Å²) in [4.78, 5) is 12.2. The van der Waals surface area contributed by atoms with Crippen molar-refractivity contribution in [2.75, 3.05) is 6.54 Å². The van der Waals surface area contributed by atoms with Crippen LogP contribution in [0.4, 0.5) is 13.2 Å². The summed E-state index contributed by atoms with van der Waals surface area (Å²) < 4.78 is 43.1. The monoisotopic (exact) mass is 369 g/mol. The average Bonchev–Trinajstić information content (AvgIpc) is 2.97. The van der Waals surface area contributed by atoms with E-state index < -0.39 is 17.8 Å². The molecule has 1 heterocycles. The third kappa shape index (κ3) is 4.25. The summed E-state index contributed by atoms with van der Waals surface area (Å²) in [5.41, 5.74) is 0.919. The quantitative estimate of drug-likeness (QED) is 0.884. The maximum absolute atomic E-state index is 12.5. The van der Waals surface area contributed by atoms with E-state index in [9.17, 15) is 18.0 Å². The number of alkyl halides is 3. The first-order valence-electron chi connectivity index (χ1n) is 7.72. The first-order chi connectivity index (χ1) is 11.8. The highest BCUT2D eigenvalue weighted by Gasteiger charge is 2.30. The predicted octanol–water partition coefficient (Wildman–Crippen LogP) is 4.02. The molecule has 0 aromatic heterocycles. The van der Waals surface area contributed by atoms with Gasteiger partial charge in [0.25, 0.3) is 5.91 Å². The van der Waals surface area contributed by atoms with Crippen LogP contribution in [0.25, 0.3) is 0 Å². The van der Waals surface area contributed by atoms with Gasteiger partial charge in [-0.25, -0.2) is 0 Å². The number of benzene rings is 2. The van der Waals surface area contributed by atoms with Crippen LogP contribution in [0.3, 0.4) is 0 Å². The summed E-state index contributed by atoms with van der Waals surface area (Å²) in [6.45, 7) is 0.321. The van der Waals surface area contributed by atoms with Crippen molar-refractivity contribution < 1.29 is 22.7 Å². The minimum atomic E-state index is -4.34. The second-order valence-electron chi connectivity index (χ2n) is 5.80. The first-order valence-corrected chi connectivity index (χ1v) is 8.09. The number of nitrogens with one attached hydrogen (secondary N) is 1. The van der Waals surface area contributed by atoms with Gasteiger partial charge >= 0.3 is 6.18 Å². The maximum Gasteiger partial charge on any atom is 0.416 e. The van der Waals surface area contributed by atoms with E-state index in [4.69, 9.17) is 16.3 Å². The van der Waals surface area contributed by atoms with Gasteiger partial charge in [0.1, 0.15) is 5.75 Å². The molecule has 1 aliphatic rings. The van der Waals surface area contributed by atoms with Crippen LogP contribution in [0.1, 0.15) is 16.7 Å². The number of amides is 1. The van der Waals surface area contributed by atoms with Crippen LogP contribution >= 0.6 is 11.6 Å². The molecule has 2 aromatic carbocycles. The highest BCUT2D eigenvalue weighted by atomic mass is 35.5. The minimum absolute atomic E-state index is 0.251. The van der Waals surface area contributed by atoms with Gasteiger partial charge in [-0.2, -0.15) is 13.2 Å². The molecule has 0 spiro atoms. The fourth-order valence-corrected chi connectivity index (χ4v) is 2.86. The largest absolute Gasteiger partial charge is 0.480 e. The zero-order chi connectivity index (χ0) is 18.0. The Morgan fingerprint density at radius 3 is 2.60 bits per heavy atom. The molecule has 132 valence electrons. The van der Waals surface area contributed by atoms with E-state index in [2.05, 4.69) is 5.32 Å². The SMILES string of the molecule is O=C(NCCc1ccc(C(F)(F)F)cc1)[C@H]1Cc2cc(Cl)ccc2O1. The smallest absolute Gasteiger partial charge is 0.416 e. The van der Waals surface area contributed by atoms with E-state index in [1.54, 1.807) is 18.2 Å². The summed E-state index contributed by atoms with van der Waals surface area (Å²) in [5, 5.41) is 3.34. The number of carbonyl (C=O) groups excluding carboxylic acids is 1. The summed E-state index contributed by atoms with van der Waals surface area (Å²) >= 11 is 5.91. The van der Waals surface area contributed by atoms with Crippen LogP contribution in [0, 0.1) is 0 Å². The van der Waals surface area contributed by atoms with Gasteiger partial charge in [0, 0.05) is 18.0 Å². The molecule has 0 saturated carbocycles. The van der Waals surface area contributed by atoms with E-state index in [0.29, 0.717) is 30.2 Å². The molecular formula is C18H15ClF3NO2. The van der Waals surface area contributed by atoms with Gasteiger partial charge in [-0.15, -0.1) is 0 Å². The fourth-order valence-electron chi connectivity index (χ4n) is 2.67. The number of hydrogen-bond acceptors (Lipinski definition) is 2. The molecule has 0 aliphatic carbocycles. The molecule has 2 aromatic rings. The van der Waals surface area contributed by atoms with E-state index in [-0.39, 0.29) is 5.91 Å². The standard InChI is InChI=1S/C18H15ClF3NO2/c19-14-5-6-15-12(9-14)10-16(25-15)17(24)23-8-7-11-1-3-13(4-2-11)18(20,21)22/h1-6,9,16H,7-8,10H2,(H,23,24)/t16-/m1/s1. The van der Waals surface area contributed by atoms with Crippen molar-refractivity contribution in [2.45, 2.75) is 25.1 Å². The molecule has 1 atom stereocenters. The lowest BCUT2D eigenvalue weighted by Gasteiger charge is -2.12. The lowest BCUT2D eigenvalue weighted by atomic mass is 10.1. The third-order valence-electron chi connectivity index (χ3n) is 3.98. The maximum atomic E-state index is 12.5. The Kier molecular flexibility index (Phi) is 4.90. The molecule has 1 amide bonds. The first kappa shape index (κ1) is 17.6. The van der Waals surface area contributed by atoms with Gasteiger partial charge < -0.3 is 10.1 Å². The van der Waals surface area contributed by atoms with Gasteiger partial charge in [0.15, 0.2) is 6.10 Å². The number of fused-ring (bicyclic) bond motifs is 1. The second kappa shape index (κ2) is 6.96. The van der Waals surface area contributed by atoms with Gasteiger partial charge in [0.05, 0.1) is 5.56 Å². The van der Waals surface area contributed by atoms with Crippen molar-refractivity contribution >= 4 is 17.5 Å². The summed E-state index contributed by atoms with van der Waals surface area (Å²) in [5.74, 6) is 0.395. The van der Waals surface area contributed by atoms with Crippen LogP contribution in [-0.2, 0) is 23.8 Å². The molecule has 0 bridgehead atoms. The Balaban J connectivity index is 1.49. The molecule has 0 radical (unpaired) electrons. The number of carbonyl (C=O) groups is 1. The number of rotatable bonds is 4. The topological polar surface area (TPSA) is 38.3 Å². The zero-order valence-electron chi connectivity index (χ0n) is 13.1. The van der Waals surface area contributed by atoms with Gasteiger partial charge in [-0.3, -0.25) is 4.79 Å². The summed E-state index contributed by atoms with van der Waals surface area (Å²) in [6.07, 6.45) is -4.07. The van der Waals surface area contributed by atoms with Crippen molar-refractivity contribution in [2.24, 2.45) is 0 Å². The predicted molar refractivity (Wildman–Crippen MR) is 87.7 cm³/mol. The van der Waals surface area contributed by atoms with Crippen LogP contribution in [0.2, 0.25) is 5.02 Å². The van der Waals surface area contributed by atoms with Gasteiger partial charge in [0.2, 0.25) is 0 Å². The lowest BCUT2D eigenvalue weighted by molar-refractivity contribution is -0.137. The molecule has 0 unspecified atom stereocenters. The molecule has 0 saturated heterocycles. The fraction of sp³-hybridized carbons (Fsp3) is 0.278. The zero-order valence-corrected chi connectivity index (χ0v) is 13.8. The summed E-state index contributed by atoms with van der Waals surface area (Å²) in [6, 6.07) is 10.1. The molecule has 3 rings (SSSR count). The van der Waals surface area contributed by atoms with E-state index in [1.165, 1.54) is 12.1 Å². The van der Waals surface area contributed by atoms with Crippen molar-refractivity contribution in [3.05, 3.63) is 64.2 Å². The second-order valence-corrected chi connectivity index (χ2v) is 6.23. The Labute approximate surface area is 147 Å². The molecule has 1 N–H and O–H groups in total. The average molecular weight is 370 g/mol. The van der Waals surface area contributed by atoms with Crippen LogP contribution in [0.5, 0.6) is 5.75 Å². The molecule has 1 aliphatic heterocycles. The Morgan fingerprint density at radius 1 is 1.20 bits per heavy atom. The van der Waals surface area contributed by atoms with Crippen molar-refractivity contribution in [1.82, 2.24) is 5.32 Å². The van der Waals surface area contributed by atoms with Crippen LogP contribution in [-0.4, -0.2) is 18.6 Å².